The molecule has 0 bridgehead atoms. The molecule has 0 fully saturated rings. The Bertz CT molecular complexity index is 403. The van der Waals surface area contributed by atoms with Crippen LogP contribution in [-0.4, -0.2) is 11.9 Å². The topological polar surface area (TPSA) is 55.1 Å². The van der Waals surface area contributed by atoms with E-state index in [0.717, 1.165) is 24.9 Å². The van der Waals surface area contributed by atoms with Gasteiger partial charge < -0.3 is 11.1 Å². The largest absolute Gasteiger partial charge is 0.366 e. The minimum atomic E-state index is -0.400. The van der Waals surface area contributed by atoms with Crippen LogP contribution in [0.25, 0.3) is 0 Å². The zero-order valence-corrected chi connectivity index (χ0v) is 10.1. The lowest BCUT2D eigenvalue weighted by Crippen LogP contribution is -2.27. The molecule has 1 atom stereocenters. The summed E-state index contributed by atoms with van der Waals surface area (Å²) in [5.41, 5.74) is 6.82. The van der Waals surface area contributed by atoms with Gasteiger partial charge in [-0.2, -0.15) is 0 Å². The number of carbonyl (C=O) groups is 1. The molecule has 0 aliphatic carbocycles. The van der Waals surface area contributed by atoms with E-state index in [4.69, 9.17) is 12.2 Å². The van der Waals surface area contributed by atoms with Crippen molar-refractivity contribution < 1.29 is 4.79 Å². The second-order valence-corrected chi connectivity index (χ2v) is 3.96. The number of nitrogens with two attached hydrogens (primary N) is 1. The van der Waals surface area contributed by atoms with Crippen molar-refractivity contribution in [3.8, 4) is 12.3 Å². The van der Waals surface area contributed by atoms with Crippen LogP contribution in [0, 0.1) is 12.3 Å². The molecule has 0 spiro atoms. The van der Waals surface area contributed by atoms with Crippen LogP contribution < -0.4 is 11.1 Å². The Labute approximate surface area is 102 Å². The number of hydrogen-bond acceptors (Lipinski definition) is 2. The number of rotatable bonds is 6. The number of terminal acetylenes is 1. The molecule has 0 aromatic heterocycles. The minimum Gasteiger partial charge on any atom is -0.366 e. The van der Waals surface area contributed by atoms with E-state index in [-0.39, 0.29) is 0 Å². The lowest BCUT2D eigenvalue weighted by molar-refractivity contribution is 0.100. The van der Waals surface area contributed by atoms with Crippen LogP contribution in [0.15, 0.2) is 24.3 Å². The highest BCUT2D eigenvalue weighted by Crippen LogP contribution is 2.05. The Kier molecular flexibility index (Phi) is 5.25. The first-order valence-corrected chi connectivity index (χ1v) is 5.73. The first-order valence-electron chi connectivity index (χ1n) is 5.73. The molecule has 3 heteroatoms. The van der Waals surface area contributed by atoms with Crippen molar-refractivity contribution >= 4 is 5.91 Å². The summed E-state index contributed by atoms with van der Waals surface area (Å²) in [6.45, 7) is 2.85. The smallest absolute Gasteiger partial charge is 0.248 e. The molecular weight excluding hydrogens is 212 g/mol. The zero-order valence-electron chi connectivity index (χ0n) is 10.1. The molecule has 0 saturated carbocycles. The van der Waals surface area contributed by atoms with Gasteiger partial charge in [0, 0.05) is 24.6 Å². The molecule has 3 nitrogen and oxygen atoms in total. The highest BCUT2D eigenvalue weighted by atomic mass is 16.1. The maximum Gasteiger partial charge on any atom is 0.248 e. The SMILES string of the molecule is C#CCC(CC)NCc1ccc(C(N)=O)cc1. The van der Waals surface area contributed by atoms with Gasteiger partial charge >= 0.3 is 0 Å². The zero-order chi connectivity index (χ0) is 12.7. The Morgan fingerprint density at radius 1 is 1.47 bits per heavy atom. The van der Waals surface area contributed by atoms with Gasteiger partial charge in [0.2, 0.25) is 5.91 Å². The van der Waals surface area contributed by atoms with E-state index in [1.807, 2.05) is 12.1 Å². The summed E-state index contributed by atoms with van der Waals surface area (Å²) in [7, 11) is 0. The molecule has 0 radical (unpaired) electrons. The van der Waals surface area contributed by atoms with Gasteiger partial charge in [-0.3, -0.25) is 4.79 Å². The molecule has 1 rings (SSSR count). The molecule has 1 aromatic rings. The van der Waals surface area contributed by atoms with Gasteiger partial charge in [-0.05, 0) is 24.1 Å². The minimum absolute atomic E-state index is 0.343. The Hall–Kier alpha value is -1.79. The maximum absolute atomic E-state index is 10.9. The molecule has 0 aliphatic rings. The van der Waals surface area contributed by atoms with Crippen molar-refractivity contribution in [1.82, 2.24) is 5.32 Å². The molecule has 1 aromatic carbocycles. The van der Waals surface area contributed by atoms with Crippen molar-refractivity contribution in [2.45, 2.75) is 32.4 Å². The van der Waals surface area contributed by atoms with Gasteiger partial charge in [0.25, 0.3) is 0 Å². The molecule has 90 valence electrons. The van der Waals surface area contributed by atoms with Crippen molar-refractivity contribution in [2.24, 2.45) is 5.73 Å². The average molecular weight is 230 g/mol. The fourth-order valence-electron chi connectivity index (χ4n) is 1.55. The monoisotopic (exact) mass is 230 g/mol. The van der Waals surface area contributed by atoms with Crippen LogP contribution in [0.1, 0.15) is 35.7 Å². The van der Waals surface area contributed by atoms with Gasteiger partial charge in [-0.1, -0.05) is 19.1 Å². The summed E-state index contributed by atoms with van der Waals surface area (Å²) in [6.07, 6.45) is 7.02. The summed E-state index contributed by atoms with van der Waals surface area (Å²) in [5, 5.41) is 3.38. The standard InChI is InChI=1S/C14H18N2O/c1-3-5-13(4-2)16-10-11-6-8-12(9-7-11)14(15)17/h1,6-9,13,16H,4-5,10H2,2H3,(H2,15,17). The first-order chi connectivity index (χ1) is 8.17. The Morgan fingerprint density at radius 2 is 2.12 bits per heavy atom. The molecule has 0 heterocycles. The van der Waals surface area contributed by atoms with Crippen LogP contribution in [0.3, 0.4) is 0 Å². The lowest BCUT2D eigenvalue weighted by Gasteiger charge is -2.14. The van der Waals surface area contributed by atoms with Crippen molar-refractivity contribution in [3.63, 3.8) is 0 Å². The van der Waals surface area contributed by atoms with Crippen LogP contribution in [0.2, 0.25) is 0 Å². The van der Waals surface area contributed by atoms with Crippen molar-refractivity contribution in [2.75, 3.05) is 0 Å². The highest BCUT2D eigenvalue weighted by Gasteiger charge is 2.04. The number of carbonyl (C=O) groups excluding carboxylic acids is 1. The molecule has 0 aliphatic heterocycles. The summed E-state index contributed by atoms with van der Waals surface area (Å²) < 4.78 is 0. The third-order valence-corrected chi connectivity index (χ3v) is 2.69. The summed E-state index contributed by atoms with van der Waals surface area (Å²) in [4.78, 5) is 10.9. The predicted molar refractivity (Wildman–Crippen MR) is 69.3 cm³/mol. The number of benzene rings is 1. The summed E-state index contributed by atoms with van der Waals surface area (Å²) in [6, 6.07) is 7.62. The van der Waals surface area contributed by atoms with Crippen molar-refractivity contribution in [1.29, 1.82) is 0 Å². The van der Waals surface area contributed by atoms with Gasteiger partial charge in [0.1, 0.15) is 0 Å². The van der Waals surface area contributed by atoms with E-state index < -0.39 is 5.91 Å². The third kappa shape index (κ3) is 4.29. The predicted octanol–water partition coefficient (Wildman–Crippen LogP) is 1.68. The first kappa shape index (κ1) is 13.3. The fourth-order valence-corrected chi connectivity index (χ4v) is 1.55. The number of primary amides is 1. The fraction of sp³-hybridized carbons (Fsp3) is 0.357. The number of hydrogen-bond donors (Lipinski definition) is 2. The molecule has 1 amide bonds. The highest BCUT2D eigenvalue weighted by molar-refractivity contribution is 5.92. The van der Waals surface area contributed by atoms with E-state index in [1.54, 1.807) is 12.1 Å². The van der Waals surface area contributed by atoms with E-state index in [1.165, 1.54) is 0 Å². The Balaban J connectivity index is 2.52. The van der Waals surface area contributed by atoms with E-state index in [2.05, 4.69) is 18.2 Å². The second-order valence-electron chi connectivity index (χ2n) is 3.96. The normalized spacial score (nSPS) is 11.8. The Morgan fingerprint density at radius 3 is 2.59 bits per heavy atom. The van der Waals surface area contributed by atoms with Crippen LogP contribution in [0.5, 0.6) is 0 Å². The van der Waals surface area contributed by atoms with Gasteiger partial charge in [0.15, 0.2) is 0 Å². The van der Waals surface area contributed by atoms with Crippen molar-refractivity contribution in [3.05, 3.63) is 35.4 Å². The molecule has 17 heavy (non-hydrogen) atoms. The van der Waals surface area contributed by atoms with E-state index in [0.29, 0.717) is 11.6 Å². The molecular formula is C14H18N2O. The van der Waals surface area contributed by atoms with Gasteiger partial charge in [-0.25, -0.2) is 0 Å². The molecule has 0 saturated heterocycles. The van der Waals surface area contributed by atoms with Gasteiger partial charge in [0.05, 0.1) is 0 Å². The summed E-state index contributed by atoms with van der Waals surface area (Å²) in [5.74, 6) is 2.26. The average Bonchev–Trinajstić information content (AvgIpc) is 2.35. The quantitative estimate of drug-likeness (QED) is 0.730. The number of amides is 1. The lowest BCUT2D eigenvalue weighted by atomic mass is 10.1. The van der Waals surface area contributed by atoms with E-state index >= 15 is 0 Å². The summed E-state index contributed by atoms with van der Waals surface area (Å²) >= 11 is 0. The molecule has 1 unspecified atom stereocenters. The van der Waals surface area contributed by atoms with Gasteiger partial charge in [-0.15, -0.1) is 12.3 Å². The number of nitrogens with one attached hydrogen (secondary N) is 1. The van der Waals surface area contributed by atoms with Crippen LogP contribution in [-0.2, 0) is 6.54 Å². The maximum atomic E-state index is 10.9. The van der Waals surface area contributed by atoms with Crippen LogP contribution in [0.4, 0.5) is 0 Å². The van der Waals surface area contributed by atoms with Crippen LogP contribution >= 0.6 is 0 Å². The molecule has 3 N–H and O–H groups in total. The van der Waals surface area contributed by atoms with E-state index in [9.17, 15) is 4.79 Å². The second kappa shape index (κ2) is 6.72. The third-order valence-electron chi connectivity index (χ3n) is 2.69.